The predicted molar refractivity (Wildman–Crippen MR) is 118 cm³/mol. The molecule has 0 spiro atoms. The molecule has 2 aromatic rings. The zero-order chi connectivity index (χ0) is 22.9. The zero-order valence-electron chi connectivity index (χ0n) is 17.9. The molecule has 0 heterocycles. The highest BCUT2D eigenvalue weighted by atomic mass is 32.2. The number of benzene rings is 2. The summed E-state index contributed by atoms with van der Waals surface area (Å²) in [6.45, 7) is 4.61. The van der Waals surface area contributed by atoms with Gasteiger partial charge in [0, 0.05) is 18.8 Å². The smallest absolute Gasteiger partial charge is 0.244 e. The van der Waals surface area contributed by atoms with Crippen LogP contribution >= 0.6 is 0 Å². The summed E-state index contributed by atoms with van der Waals surface area (Å²) in [4.78, 5) is 12.3. The van der Waals surface area contributed by atoms with E-state index >= 15 is 0 Å². The lowest BCUT2D eigenvalue weighted by molar-refractivity contribution is -0.116. The third-order valence-electron chi connectivity index (χ3n) is 4.21. The molecule has 0 aliphatic heterocycles. The summed E-state index contributed by atoms with van der Waals surface area (Å²) in [5, 5.41) is 11.8. The van der Waals surface area contributed by atoms with E-state index < -0.39 is 22.5 Å². The molecule has 0 aromatic heterocycles. The average Bonchev–Trinajstić information content (AvgIpc) is 2.76. The van der Waals surface area contributed by atoms with Crippen LogP contribution in [-0.2, 0) is 14.8 Å². The second-order valence-electron chi connectivity index (χ2n) is 6.78. The number of hydrogen-bond donors (Lipinski definition) is 1. The third-order valence-corrected chi connectivity index (χ3v) is 6.07. The van der Waals surface area contributed by atoms with Crippen LogP contribution in [0.1, 0.15) is 32.3 Å². The molecule has 1 N–H and O–H groups in total. The number of nitriles is 1. The van der Waals surface area contributed by atoms with Crippen LogP contribution < -0.4 is 14.8 Å². The van der Waals surface area contributed by atoms with Crippen LogP contribution in [-0.4, -0.2) is 45.4 Å². The van der Waals surface area contributed by atoms with Crippen molar-refractivity contribution in [1.82, 2.24) is 4.31 Å². The number of sulfonamides is 1. The van der Waals surface area contributed by atoms with Crippen molar-refractivity contribution in [1.29, 1.82) is 5.26 Å². The summed E-state index contributed by atoms with van der Waals surface area (Å²) in [6.07, 6.45) is 1.66. The molecule has 0 fully saturated rings. The minimum atomic E-state index is -4.00. The van der Waals surface area contributed by atoms with Crippen molar-refractivity contribution < 1.29 is 22.7 Å². The summed E-state index contributed by atoms with van der Waals surface area (Å²) < 4.78 is 37.8. The van der Waals surface area contributed by atoms with E-state index in [4.69, 9.17) is 14.7 Å². The van der Waals surface area contributed by atoms with E-state index in [1.807, 2.05) is 19.9 Å². The van der Waals surface area contributed by atoms with Gasteiger partial charge in [-0.2, -0.15) is 9.57 Å². The maximum Gasteiger partial charge on any atom is 0.244 e. The topological polar surface area (TPSA) is 109 Å². The summed E-state index contributed by atoms with van der Waals surface area (Å²) in [5.74, 6) is 0.572. The SMILES string of the molecule is CCCOc1ccc(NC(=O)CN(C)S(=O)(=O)c2ccccc2C#N)cc1OCCC. The van der Waals surface area contributed by atoms with E-state index in [9.17, 15) is 13.2 Å². The first-order valence-corrected chi connectivity index (χ1v) is 11.4. The number of rotatable bonds is 11. The Morgan fingerprint density at radius 3 is 2.35 bits per heavy atom. The summed E-state index contributed by atoms with van der Waals surface area (Å²) in [7, 11) is -2.71. The minimum Gasteiger partial charge on any atom is -0.490 e. The van der Waals surface area contributed by atoms with Crippen molar-refractivity contribution in [2.24, 2.45) is 0 Å². The molecule has 0 atom stereocenters. The number of likely N-dealkylation sites (N-methyl/N-ethyl adjacent to an activating group) is 1. The van der Waals surface area contributed by atoms with Crippen molar-refractivity contribution in [3.63, 3.8) is 0 Å². The number of anilines is 1. The molecule has 0 aliphatic carbocycles. The van der Waals surface area contributed by atoms with E-state index in [2.05, 4.69) is 5.32 Å². The largest absolute Gasteiger partial charge is 0.490 e. The molecule has 2 aromatic carbocycles. The van der Waals surface area contributed by atoms with Gasteiger partial charge in [0.25, 0.3) is 0 Å². The van der Waals surface area contributed by atoms with Crippen molar-refractivity contribution in [2.45, 2.75) is 31.6 Å². The lowest BCUT2D eigenvalue weighted by Gasteiger charge is -2.18. The van der Waals surface area contributed by atoms with Crippen LogP contribution in [0.4, 0.5) is 5.69 Å². The fourth-order valence-electron chi connectivity index (χ4n) is 2.68. The Morgan fingerprint density at radius 2 is 1.71 bits per heavy atom. The molecule has 0 bridgehead atoms. The quantitative estimate of drug-likeness (QED) is 0.568. The van der Waals surface area contributed by atoms with Gasteiger partial charge in [-0.15, -0.1) is 0 Å². The van der Waals surface area contributed by atoms with Gasteiger partial charge < -0.3 is 14.8 Å². The van der Waals surface area contributed by atoms with Gasteiger partial charge >= 0.3 is 0 Å². The van der Waals surface area contributed by atoms with E-state index in [0.29, 0.717) is 30.4 Å². The summed E-state index contributed by atoms with van der Waals surface area (Å²) in [5.41, 5.74) is 0.485. The molecule has 1 amide bonds. The molecule has 2 rings (SSSR count). The van der Waals surface area contributed by atoms with Crippen molar-refractivity contribution >= 4 is 21.6 Å². The molecule has 8 nitrogen and oxygen atoms in total. The Kier molecular flexibility index (Phi) is 8.85. The lowest BCUT2D eigenvalue weighted by Crippen LogP contribution is -2.35. The first kappa shape index (κ1) is 24.2. The second-order valence-corrected chi connectivity index (χ2v) is 8.79. The highest BCUT2D eigenvalue weighted by Crippen LogP contribution is 2.31. The Labute approximate surface area is 183 Å². The van der Waals surface area contributed by atoms with Gasteiger partial charge in [-0.3, -0.25) is 4.79 Å². The molecule has 9 heteroatoms. The normalized spacial score (nSPS) is 11.1. The predicted octanol–water partition coefficient (Wildman–Crippen LogP) is 3.40. The highest BCUT2D eigenvalue weighted by molar-refractivity contribution is 7.89. The highest BCUT2D eigenvalue weighted by Gasteiger charge is 2.25. The maximum atomic E-state index is 12.8. The number of ether oxygens (including phenoxy) is 2. The van der Waals surface area contributed by atoms with Gasteiger partial charge in [0.15, 0.2) is 11.5 Å². The average molecular weight is 446 g/mol. The standard InChI is InChI=1S/C22H27N3O5S/c1-4-12-29-19-11-10-18(14-20(19)30-13-5-2)24-22(26)16-25(3)31(27,28)21-9-7-6-8-17(21)15-23/h6-11,14H,4-5,12-13,16H2,1-3H3,(H,24,26). The molecule has 0 unspecified atom stereocenters. The van der Waals surface area contributed by atoms with Crippen LogP contribution in [0.25, 0.3) is 0 Å². The van der Waals surface area contributed by atoms with Crippen LogP contribution in [0.15, 0.2) is 47.4 Å². The molecular weight excluding hydrogens is 418 g/mol. The minimum absolute atomic E-state index is 0.0233. The number of carbonyl (C=O) groups excluding carboxylic acids is 1. The third kappa shape index (κ3) is 6.44. The Bertz CT molecular complexity index is 1050. The molecule has 31 heavy (non-hydrogen) atoms. The Morgan fingerprint density at radius 1 is 1.06 bits per heavy atom. The molecule has 0 saturated carbocycles. The van der Waals surface area contributed by atoms with E-state index in [1.54, 1.807) is 24.3 Å². The van der Waals surface area contributed by atoms with Crippen LogP contribution in [0.2, 0.25) is 0 Å². The van der Waals surface area contributed by atoms with Crippen molar-refractivity contribution in [3.8, 4) is 17.6 Å². The molecule has 0 radical (unpaired) electrons. The number of hydrogen-bond acceptors (Lipinski definition) is 6. The zero-order valence-corrected chi connectivity index (χ0v) is 18.7. The monoisotopic (exact) mass is 445 g/mol. The first-order chi connectivity index (χ1) is 14.8. The number of nitrogens with zero attached hydrogens (tertiary/aromatic N) is 2. The van der Waals surface area contributed by atoms with Gasteiger partial charge in [0.05, 0.1) is 30.2 Å². The lowest BCUT2D eigenvalue weighted by atomic mass is 10.2. The Hall–Kier alpha value is -3.09. The molecule has 166 valence electrons. The van der Waals surface area contributed by atoms with Gasteiger partial charge in [-0.1, -0.05) is 26.0 Å². The van der Waals surface area contributed by atoms with Gasteiger partial charge in [-0.25, -0.2) is 8.42 Å². The summed E-state index contributed by atoms with van der Waals surface area (Å²) in [6, 6.07) is 12.8. The van der Waals surface area contributed by atoms with Gasteiger partial charge in [-0.05, 0) is 37.1 Å². The van der Waals surface area contributed by atoms with Crippen LogP contribution in [0.3, 0.4) is 0 Å². The van der Waals surface area contributed by atoms with E-state index in [0.717, 1.165) is 17.1 Å². The van der Waals surface area contributed by atoms with Crippen LogP contribution in [0, 0.1) is 11.3 Å². The second kappa shape index (κ2) is 11.3. The van der Waals surface area contributed by atoms with E-state index in [1.165, 1.54) is 25.2 Å². The fraction of sp³-hybridized carbons (Fsp3) is 0.364. The fourth-order valence-corrected chi connectivity index (χ4v) is 3.95. The number of carbonyl (C=O) groups is 1. The number of amides is 1. The van der Waals surface area contributed by atoms with Crippen LogP contribution in [0.5, 0.6) is 11.5 Å². The molecular formula is C22H27N3O5S. The molecule has 0 saturated heterocycles. The Balaban J connectivity index is 2.13. The molecule has 0 aliphatic rings. The van der Waals surface area contributed by atoms with Crippen molar-refractivity contribution in [3.05, 3.63) is 48.0 Å². The summed E-state index contributed by atoms with van der Waals surface area (Å²) >= 11 is 0. The first-order valence-electron chi connectivity index (χ1n) is 9.98. The van der Waals surface area contributed by atoms with Crippen molar-refractivity contribution in [2.75, 3.05) is 32.1 Å². The van der Waals surface area contributed by atoms with Gasteiger partial charge in [0.1, 0.15) is 6.07 Å². The maximum absolute atomic E-state index is 12.8. The number of nitrogens with one attached hydrogen (secondary N) is 1. The van der Waals surface area contributed by atoms with E-state index in [-0.39, 0.29) is 10.5 Å². The van der Waals surface area contributed by atoms with Gasteiger partial charge in [0.2, 0.25) is 15.9 Å².